The van der Waals surface area contributed by atoms with Gasteiger partial charge >= 0.3 is 0 Å². The summed E-state index contributed by atoms with van der Waals surface area (Å²) in [7, 11) is 0. The second kappa shape index (κ2) is 6.07. The number of nitrogens with zero attached hydrogens (tertiary/aromatic N) is 2. The highest BCUT2D eigenvalue weighted by molar-refractivity contribution is 5.05. The number of aromatic nitrogens is 2. The molecule has 1 aliphatic rings. The Bertz CT molecular complexity index is 329. The molecule has 17 heavy (non-hydrogen) atoms. The first kappa shape index (κ1) is 12.5. The molecule has 4 nitrogen and oxygen atoms in total. The van der Waals surface area contributed by atoms with Gasteiger partial charge in [-0.2, -0.15) is 0 Å². The van der Waals surface area contributed by atoms with Crippen LogP contribution in [0.1, 0.15) is 38.5 Å². The minimum Gasteiger partial charge on any atom is -0.372 e. The van der Waals surface area contributed by atoms with Gasteiger partial charge in [0, 0.05) is 31.3 Å². The van der Waals surface area contributed by atoms with Crippen LogP contribution in [-0.4, -0.2) is 29.2 Å². The number of hydrogen-bond donors (Lipinski definition) is 1. The molecule has 1 N–H and O–H groups in total. The van der Waals surface area contributed by atoms with Crippen molar-refractivity contribution in [2.45, 2.75) is 38.8 Å². The highest BCUT2D eigenvalue weighted by Gasteiger charge is 2.28. The fourth-order valence-corrected chi connectivity index (χ4v) is 2.24. The maximum atomic E-state index is 5.88. The first-order valence-electron chi connectivity index (χ1n) is 6.38. The maximum Gasteiger partial charge on any atom is 0.115 e. The SMILES string of the molecule is CC(C)NCC1CCCOC1c1ccncn1. The maximum absolute atomic E-state index is 5.88. The normalized spacial score (nSPS) is 25.1. The van der Waals surface area contributed by atoms with Crippen LogP contribution in [0.4, 0.5) is 0 Å². The van der Waals surface area contributed by atoms with Gasteiger partial charge in [0.2, 0.25) is 0 Å². The molecule has 0 aromatic carbocycles. The van der Waals surface area contributed by atoms with E-state index < -0.39 is 0 Å². The van der Waals surface area contributed by atoms with E-state index in [0.717, 1.165) is 25.3 Å². The molecular weight excluding hydrogens is 214 g/mol. The lowest BCUT2D eigenvalue weighted by atomic mass is 9.92. The van der Waals surface area contributed by atoms with Gasteiger partial charge in [-0.05, 0) is 18.9 Å². The lowest BCUT2D eigenvalue weighted by Gasteiger charge is -2.32. The molecule has 1 fully saturated rings. The predicted molar refractivity (Wildman–Crippen MR) is 66.6 cm³/mol. The van der Waals surface area contributed by atoms with Crippen LogP contribution >= 0.6 is 0 Å². The third-order valence-corrected chi connectivity index (χ3v) is 3.13. The third-order valence-electron chi connectivity index (χ3n) is 3.13. The Hall–Kier alpha value is -1.00. The first-order chi connectivity index (χ1) is 8.27. The van der Waals surface area contributed by atoms with Crippen LogP contribution in [0.25, 0.3) is 0 Å². The molecule has 0 spiro atoms. The van der Waals surface area contributed by atoms with Gasteiger partial charge in [-0.25, -0.2) is 9.97 Å². The van der Waals surface area contributed by atoms with E-state index in [0.29, 0.717) is 12.0 Å². The molecule has 2 rings (SSSR count). The lowest BCUT2D eigenvalue weighted by Crippen LogP contribution is -2.35. The van der Waals surface area contributed by atoms with Gasteiger partial charge in [-0.3, -0.25) is 0 Å². The predicted octanol–water partition coefficient (Wildman–Crippen LogP) is 1.94. The Morgan fingerprint density at radius 3 is 3.12 bits per heavy atom. The van der Waals surface area contributed by atoms with Gasteiger partial charge in [-0.15, -0.1) is 0 Å². The van der Waals surface area contributed by atoms with Crippen LogP contribution in [-0.2, 0) is 4.74 Å². The Morgan fingerprint density at radius 1 is 1.53 bits per heavy atom. The van der Waals surface area contributed by atoms with Crippen molar-refractivity contribution >= 4 is 0 Å². The van der Waals surface area contributed by atoms with E-state index in [4.69, 9.17) is 4.74 Å². The van der Waals surface area contributed by atoms with E-state index in [2.05, 4.69) is 29.1 Å². The summed E-state index contributed by atoms with van der Waals surface area (Å²) < 4.78 is 5.88. The number of hydrogen-bond acceptors (Lipinski definition) is 4. The summed E-state index contributed by atoms with van der Waals surface area (Å²) in [6.07, 6.45) is 5.85. The van der Waals surface area contributed by atoms with E-state index in [1.165, 1.54) is 6.42 Å². The van der Waals surface area contributed by atoms with Crippen molar-refractivity contribution in [1.82, 2.24) is 15.3 Å². The van der Waals surface area contributed by atoms with Gasteiger partial charge in [-0.1, -0.05) is 13.8 Å². The van der Waals surface area contributed by atoms with Crippen molar-refractivity contribution < 1.29 is 4.74 Å². The second-order valence-electron chi connectivity index (χ2n) is 4.89. The molecule has 4 heteroatoms. The van der Waals surface area contributed by atoms with E-state index in [9.17, 15) is 0 Å². The van der Waals surface area contributed by atoms with Crippen molar-refractivity contribution in [3.05, 3.63) is 24.3 Å². The highest BCUT2D eigenvalue weighted by Crippen LogP contribution is 2.31. The highest BCUT2D eigenvalue weighted by atomic mass is 16.5. The molecule has 2 atom stereocenters. The van der Waals surface area contributed by atoms with E-state index in [1.807, 2.05) is 6.07 Å². The van der Waals surface area contributed by atoms with Crippen LogP contribution in [0.5, 0.6) is 0 Å². The summed E-state index contributed by atoms with van der Waals surface area (Å²) in [5, 5.41) is 3.49. The molecule has 2 heterocycles. The van der Waals surface area contributed by atoms with Crippen molar-refractivity contribution in [2.75, 3.05) is 13.2 Å². The number of nitrogens with one attached hydrogen (secondary N) is 1. The minimum atomic E-state index is 0.123. The monoisotopic (exact) mass is 235 g/mol. The fraction of sp³-hybridized carbons (Fsp3) is 0.692. The molecule has 1 aromatic rings. The van der Waals surface area contributed by atoms with Crippen molar-refractivity contribution in [1.29, 1.82) is 0 Å². The van der Waals surface area contributed by atoms with Gasteiger partial charge in [0.05, 0.1) is 5.69 Å². The Kier molecular flexibility index (Phi) is 4.45. The largest absolute Gasteiger partial charge is 0.372 e. The smallest absolute Gasteiger partial charge is 0.115 e. The zero-order valence-electron chi connectivity index (χ0n) is 10.6. The Balaban J connectivity index is 2.02. The van der Waals surface area contributed by atoms with E-state index >= 15 is 0 Å². The van der Waals surface area contributed by atoms with Crippen molar-refractivity contribution in [3.63, 3.8) is 0 Å². The van der Waals surface area contributed by atoms with E-state index in [1.54, 1.807) is 12.5 Å². The Labute approximate surface area is 103 Å². The van der Waals surface area contributed by atoms with Gasteiger partial charge in [0.25, 0.3) is 0 Å². The topological polar surface area (TPSA) is 47.0 Å². The Morgan fingerprint density at radius 2 is 2.41 bits per heavy atom. The van der Waals surface area contributed by atoms with Crippen LogP contribution in [0.15, 0.2) is 18.6 Å². The number of rotatable bonds is 4. The van der Waals surface area contributed by atoms with Gasteiger partial charge in [0.1, 0.15) is 12.4 Å². The van der Waals surface area contributed by atoms with Crippen molar-refractivity contribution in [3.8, 4) is 0 Å². The molecule has 1 saturated heterocycles. The third kappa shape index (κ3) is 3.48. The molecule has 94 valence electrons. The van der Waals surface area contributed by atoms with E-state index in [-0.39, 0.29) is 6.10 Å². The second-order valence-corrected chi connectivity index (χ2v) is 4.89. The molecule has 0 bridgehead atoms. The molecular formula is C13H21N3O. The minimum absolute atomic E-state index is 0.123. The zero-order valence-corrected chi connectivity index (χ0v) is 10.6. The number of ether oxygens (including phenoxy) is 1. The molecule has 0 aliphatic carbocycles. The molecule has 1 aromatic heterocycles. The van der Waals surface area contributed by atoms with Gasteiger partial charge < -0.3 is 10.1 Å². The van der Waals surface area contributed by atoms with Crippen molar-refractivity contribution in [2.24, 2.45) is 5.92 Å². The summed E-state index contributed by atoms with van der Waals surface area (Å²) in [5.74, 6) is 0.515. The molecule has 1 aliphatic heterocycles. The molecule has 0 amide bonds. The first-order valence-corrected chi connectivity index (χ1v) is 6.38. The summed E-state index contributed by atoms with van der Waals surface area (Å²) in [6, 6.07) is 2.47. The van der Waals surface area contributed by atoms with Crippen LogP contribution in [0, 0.1) is 5.92 Å². The average molecular weight is 235 g/mol. The summed E-state index contributed by atoms with van der Waals surface area (Å²) in [5.41, 5.74) is 1.01. The van der Waals surface area contributed by atoms with Crippen LogP contribution in [0.3, 0.4) is 0 Å². The average Bonchev–Trinajstić information content (AvgIpc) is 2.38. The van der Waals surface area contributed by atoms with Crippen LogP contribution < -0.4 is 5.32 Å². The molecule has 0 saturated carbocycles. The summed E-state index contributed by atoms with van der Waals surface area (Å²) in [4.78, 5) is 8.27. The molecule has 0 radical (unpaired) electrons. The van der Waals surface area contributed by atoms with Crippen LogP contribution in [0.2, 0.25) is 0 Å². The van der Waals surface area contributed by atoms with Gasteiger partial charge in [0.15, 0.2) is 0 Å². The zero-order chi connectivity index (χ0) is 12.1. The quantitative estimate of drug-likeness (QED) is 0.866. The standard InChI is InChI=1S/C13H21N3O/c1-10(2)15-8-11-4-3-7-17-13(11)12-5-6-14-9-16-12/h5-6,9-11,13,15H,3-4,7-8H2,1-2H3. The summed E-state index contributed by atoms with van der Waals surface area (Å²) >= 11 is 0. The lowest BCUT2D eigenvalue weighted by molar-refractivity contribution is -0.0307. The summed E-state index contributed by atoms with van der Waals surface area (Å²) in [6.45, 7) is 6.17. The molecule has 2 unspecified atom stereocenters. The fourth-order valence-electron chi connectivity index (χ4n) is 2.24.